The van der Waals surface area contributed by atoms with Crippen molar-refractivity contribution in [3.05, 3.63) is 49.6 Å². The zero-order chi connectivity index (χ0) is 18.3. The molecule has 0 N–H and O–H groups in total. The molecule has 0 radical (unpaired) electrons. The Morgan fingerprint density at radius 1 is 1.22 bits per heavy atom. The Balaban J connectivity index is 0. The van der Waals surface area contributed by atoms with Crippen LogP contribution in [0, 0.1) is 11.3 Å². The number of nitriles is 1. The number of allylic oxidation sites excluding steroid dienone is 1. The summed E-state index contributed by atoms with van der Waals surface area (Å²) in [6.45, 7) is 17.9. The molecule has 126 valence electrons. The predicted octanol–water partition coefficient (Wildman–Crippen LogP) is 2.49. The van der Waals surface area contributed by atoms with Crippen LogP contribution in [0.4, 0.5) is 0 Å². The van der Waals surface area contributed by atoms with Gasteiger partial charge < -0.3 is 14.2 Å². The van der Waals surface area contributed by atoms with Crippen molar-refractivity contribution < 1.29 is 23.8 Å². The van der Waals surface area contributed by atoms with E-state index in [4.69, 9.17) is 14.7 Å². The average molecular weight is 321 g/mol. The fourth-order valence-electron chi connectivity index (χ4n) is 0.714. The third-order valence-corrected chi connectivity index (χ3v) is 1.92. The Morgan fingerprint density at radius 3 is 1.96 bits per heavy atom. The number of rotatable bonds is 6. The molecule has 6 heteroatoms. The Kier molecular flexibility index (Phi) is 14.1. The molecule has 0 aliphatic carbocycles. The SMILES string of the molecule is C=C(C)C(=O)OCC1CO1.C=CC#N.C=CCOC(=O)C(=C)C. The molecule has 1 rings (SSSR count). The summed E-state index contributed by atoms with van der Waals surface area (Å²) >= 11 is 0. The maximum absolute atomic E-state index is 10.7. The number of carbonyl (C=O) groups excluding carboxylic acids is 2. The Morgan fingerprint density at radius 2 is 1.65 bits per heavy atom. The Labute approximate surface area is 137 Å². The van der Waals surface area contributed by atoms with Crippen molar-refractivity contribution >= 4 is 11.9 Å². The average Bonchev–Trinajstić information content (AvgIpc) is 3.35. The lowest BCUT2D eigenvalue weighted by Crippen LogP contribution is -2.09. The Bertz CT molecular complexity index is 484. The fraction of sp³-hybridized carbons (Fsp3) is 0.353. The zero-order valence-electron chi connectivity index (χ0n) is 13.7. The van der Waals surface area contributed by atoms with Crippen molar-refractivity contribution in [1.29, 1.82) is 5.26 Å². The molecule has 0 spiro atoms. The van der Waals surface area contributed by atoms with E-state index in [1.807, 2.05) is 0 Å². The minimum Gasteiger partial charge on any atom is -0.459 e. The first-order valence-corrected chi connectivity index (χ1v) is 6.68. The maximum Gasteiger partial charge on any atom is 0.333 e. The van der Waals surface area contributed by atoms with E-state index in [1.54, 1.807) is 19.9 Å². The summed E-state index contributed by atoms with van der Waals surface area (Å²) in [5.41, 5.74) is 0.845. The van der Waals surface area contributed by atoms with Crippen molar-refractivity contribution in [2.45, 2.75) is 20.0 Å². The zero-order valence-corrected chi connectivity index (χ0v) is 13.7. The van der Waals surface area contributed by atoms with Crippen LogP contribution in [-0.4, -0.2) is 37.9 Å². The van der Waals surface area contributed by atoms with E-state index in [1.165, 1.54) is 12.2 Å². The lowest BCUT2D eigenvalue weighted by molar-refractivity contribution is -0.139. The predicted molar refractivity (Wildman–Crippen MR) is 87.3 cm³/mol. The first-order valence-electron chi connectivity index (χ1n) is 6.68. The normalized spacial score (nSPS) is 13.3. The van der Waals surface area contributed by atoms with Gasteiger partial charge in [0.15, 0.2) is 0 Å². The molecule has 1 aliphatic heterocycles. The number of hydrogen-bond acceptors (Lipinski definition) is 6. The second kappa shape index (κ2) is 14.3. The highest BCUT2D eigenvalue weighted by molar-refractivity contribution is 5.87. The van der Waals surface area contributed by atoms with Gasteiger partial charge in [-0.2, -0.15) is 5.26 Å². The van der Waals surface area contributed by atoms with Crippen molar-refractivity contribution in [3.63, 3.8) is 0 Å². The number of nitrogens with zero attached hydrogens (tertiary/aromatic N) is 1. The minimum absolute atomic E-state index is 0.142. The van der Waals surface area contributed by atoms with E-state index in [9.17, 15) is 9.59 Å². The van der Waals surface area contributed by atoms with Crippen LogP contribution in [0.15, 0.2) is 49.6 Å². The third-order valence-electron chi connectivity index (χ3n) is 1.92. The number of hydrogen-bond donors (Lipinski definition) is 0. The summed E-state index contributed by atoms with van der Waals surface area (Å²) in [5.74, 6) is -0.703. The van der Waals surface area contributed by atoms with E-state index >= 15 is 0 Å². The lowest BCUT2D eigenvalue weighted by atomic mass is 10.4. The smallest absolute Gasteiger partial charge is 0.333 e. The van der Waals surface area contributed by atoms with Crippen LogP contribution in [0.25, 0.3) is 0 Å². The van der Waals surface area contributed by atoms with Crippen LogP contribution in [0.3, 0.4) is 0 Å². The van der Waals surface area contributed by atoms with E-state index in [-0.39, 0.29) is 24.6 Å². The van der Waals surface area contributed by atoms with Gasteiger partial charge in [-0.05, 0) is 13.8 Å². The highest BCUT2D eigenvalue weighted by Crippen LogP contribution is 2.09. The number of ether oxygens (including phenoxy) is 3. The summed E-state index contributed by atoms with van der Waals surface area (Å²) in [4.78, 5) is 21.2. The molecule has 0 aromatic carbocycles. The maximum atomic E-state index is 10.7. The largest absolute Gasteiger partial charge is 0.459 e. The van der Waals surface area contributed by atoms with Crippen LogP contribution in [0.5, 0.6) is 0 Å². The van der Waals surface area contributed by atoms with Crippen molar-refractivity contribution in [2.75, 3.05) is 19.8 Å². The van der Waals surface area contributed by atoms with Crippen molar-refractivity contribution in [3.8, 4) is 6.07 Å². The van der Waals surface area contributed by atoms with Gasteiger partial charge in [0, 0.05) is 17.2 Å². The molecule has 1 atom stereocenters. The summed E-state index contributed by atoms with van der Waals surface area (Å²) in [5, 5.41) is 7.51. The van der Waals surface area contributed by atoms with Crippen LogP contribution >= 0.6 is 0 Å². The first kappa shape index (κ1) is 22.6. The van der Waals surface area contributed by atoms with Crippen LogP contribution < -0.4 is 0 Å². The van der Waals surface area contributed by atoms with Gasteiger partial charge in [-0.1, -0.05) is 32.4 Å². The van der Waals surface area contributed by atoms with E-state index in [0.29, 0.717) is 24.4 Å². The van der Waals surface area contributed by atoms with Gasteiger partial charge in [0.25, 0.3) is 0 Å². The number of carbonyl (C=O) groups is 2. The molecular weight excluding hydrogens is 298 g/mol. The molecule has 1 aliphatic rings. The standard InChI is InChI=1S/C7H10O3.C7H10O2.C3H3N/c1-5(2)7(8)10-4-6-3-9-6;1-4-5-9-7(8)6(2)3;1-2-3-4/h6H,1,3-4H2,2H3;4H,1-2,5H2,3H3;2H,1H2. The molecule has 0 amide bonds. The highest BCUT2D eigenvalue weighted by Gasteiger charge is 2.24. The fourth-order valence-corrected chi connectivity index (χ4v) is 0.714. The van der Waals surface area contributed by atoms with Gasteiger partial charge in [-0.3, -0.25) is 0 Å². The molecule has 23 heavy (non-hydrogen) atoms. The number of epoxide rings is 1. The quantitative estimate of drug-likeness (QED) is 0.245. The molecule has 0 aromatic rings. The molecule has 1 saturated heterocycles. The molecule has 0 saturated carbocycles. The first-order chi connectivity index (χ1) is 10.8. The Hall–Kier alpha value is -2.65. The monoisotopic (exact) mass is 321 g/mol. The molecular formula is C17H23NO5. The second-order valence-electron chi connectivity index (χ2n) is 4.33. The molecule has 0 aromatic heterocycles. The number of esters is 2. The van der Waals surface area contributed by atoms with Crippen molar-refractivity contribution in [1.82, 2.24) is 0 Å². The molecule has 1 fully saturated rings. The summed E-state index contributed by atoms with van der Waals surface area (Å²) in [6.07, 6.45) is 2.84. The van der Waals surface area contributed by atoms with Crippen LogP contribution in [0.2, 0.25) is 0 Å². The molecule has 6 nitrogen and oxygen atoms in total. The highest BCUT2D eigenvalue weighted by atomic mass is 16.6. The minimum atomic E-state index is -0.366. The van der Waals surface area contributed by atoms with Gasteiger partial charge in [0.1, 0.15) is 19.3 Å². The second-order valence-corrected chi connectivity index (χ2v) is 4.33. The summed E-state index contributed by atoms with van der Waals surface area (Å²) in [7, 11) is 0. The van der Waals surface area contributed by atoms with Crippen LogP contribution in [-0.2, 0) is 23.8 Å². The van der Waals surface area contributed by atoms with E-state index in [0.717, 1.165) is 0 Å². The lowest BCUT2D eigenvalue weighted by Gasteiger charge is -1.99. The molecule has 1 unspecified atom stereocenters. The van der Waals surface area contributed by atoms with Crippen molar-refractivity contribution in [2.24, 2.45) is 0 Å². The van der Waals surface area contributed by atoms with E-state index in [2.05, 4.69) is 31.1 Å². The molecule has 0 bridgehead atoms. The van der Waals surface area contributed by atoms with Gasteiger partial charge in [-0.25, -0.2) is 9.59 Å². The van der Waals surface area contributed by atoms with E-state index < -0.39 is 0 Å². The third kappa shape index (κ3) is 17.3. The van der Waals surface area contributed by atoms with Gasteiger partial charge in [0.2, 0.25) is 0 Å². The summed E-state index contributed by atoms with van der Waals surface area (Å²) in [6, 6.07) is 1.69. The van der Waals surface area contributed by atoms with Gasteiger partial charge >= 0.3 is 11.9 Å². The molecule has 1 heterocycles. The topological polar surface area (TPSA) is 88.9 Å². The van der Waals surface area contributed by atoms with Gasteiger partial charge in [-0.15, -0.1) is 0 Å². The summed E-state index contributed by atoms with van der Waals surface area (Å²) < 4.78 is 14.2. The van der Waals surface area contributed by atoms with Gasteiger partial charge in [0.05, 0.1) is 12.7 Å². The van der Waals surface area contributed by atoms with Crippen LogP contribution in [0.1, 0.15) is 13.8 Å².